The summed E-state index contributed by atoms with van der Waals surface area (Å²) in [6.45, 7) is 4.97. The number of carbonyl (C=O) groups is 1. The van der Waals surface area contributed by atoms with Crippen molar-refractivity contribution in [3.05, 3.63) is 18.2 Å². The number of rotatable bonds is 6. The first-order valence-corrected chi connectivity index (χ1v) is 14.0. The van der Waals surface area contributed by atoms with Crippen molar-refractivity contribution in [3.63, 3.8) is 0 Å². The number of sulfonamides is 1. The quantitative estimate of drug-likeness (QED) is 0.676. The number of hydrogen-bond donors (Lipinski definition) is 1. The Morgan fingerprint density at radius 1 is 1.12 bits per heavy atom. The molecule has 7 nitrogen and oxygen atoms in total. The molecule has 32 heavy (non-hydrogen) atoms. The summed E-state index contributed by atoms with van der Waals surface area (Å²) in [6.07, 6.45) is 6.96. The molecule has 0 bridgehead atoms. The van der Waals surface area contributed by atoms with Gasteiger partial charge in [-0.25, -0.2) is 13.1 Å². The molecule has 0 aliphatic heterocycles. The predicted molar refractivity (Wildman–Crippen MR) is 127 cm³/mol. The lowest BCUT2D eigenvalue weighted by molar-refractivity contribution is -0.139. The fourth-order valence-corrected chi connectivity index (χ4v) is 7.35. The van der Waals surface area contributed by atoms with Crippen molar-refractivity contribution < 1.29 is 13.2 Å². The van der Waals surface area contributed by atoms with Gasteiger partial charge < -0.3 is 4.90 Å². The van der Waals surface area contributed by atoms with Crippen LogP contribution < -0.4 is 4.72 Å². The van der Waals surface area contributed by atoms with Gasteiger partial charge in [-0.3, -0.25) is 4.79 Å². The van der Waals surface area contributed by atoms with E-state index in [2.05, 4.69) is 27.3 Å². The van der Waals surface area contributed by atoms with Crippen LogP contribution in [0.1, 0.15) is 58.8 Å². The number of aromatic nitrogens is 2. The topological polar surface area (TPSA) is 92.3 Å². The van der Waals surface area contributed by atoms with E-state index in [1.54, 1.807) is 18.2 Å². The highest BCUT2D eigenvalue weighted by atomic mass is 32.2. The number of amides is 1. The second-order valence-corrected chi connectivity index (χ2v) is 12.0. The Morgan fingerprint density at radius 2 is 1.88 bits per heavy atom. The lowest BCUT2D eigenvalue weighted by Gasteiger charge is -2.41. The fraction of sp³-hybridized carbons (Fsp3) is 0.696. The fourth-order valence-electron chi connectivity index (χ4n) is 5.47. The van der Waals surface area contributed by atoms with Crippen LogP contribution in [0.4, 0.5) is 0 Å². The van der Waals surface area contributed by atoms with Crippen molar-refractivity contribution in [3.8, 4) is 0 Å². The molecule has 2 aromatic rings. The third-order valence-electron chi connectivity index (χ3n) is 7.81. The minimum absolute atomic E-state index is 0.0621. The third-order valence-corrected chi connectivity index (χ3v) is 9.80. The van der Waals surface area contributed by atoms with Crippen LogP contribution >= 0.6 is 11.7 Å². The molecule has 2 fully saturated rings. The van der Waals surface area contributed by atoms with Gasteiger partial charge in [-0.15, -0.1) is 0 Å². The zero-order valence-electron chi connectivity index (χ0n) is 19.2. The maximum Gasteiger partial charge on any atom is 0.242 e. The molecule has 1 amide bonds. The van der Waals surface area contributed by atoms with E-state index in [1.807, 2.05) is 11.9 Å². The average molecular weight is 479 g/mol. The molecule has 1 aromatic carbocycles. The molecule has 9 heteroatoms. The zero-order chi connectivity index (χ0) is 22.9. The molecule has 1 heterocycles. The molecule has 0 spiro atoms. The van der Waals surface area contributed by atoms with Crippen LogP contribution in [0.5, 0.6) is 0 Å². The van der Waals surface area contributed by atoms with Crippen LogP contribution in [0, 0.1) is 23.7 Å². The van der Waals surface area contributed by atoms with Crippen molar-refractivity contribution >= 4 is 38.7 Å². The van der Waals surface area contributed by atoms with E-state index in [0.29, 0.717) is 35.5 Å². The maximum atomic E-state index is 13.2. The Balaban J connectivity index is 1.30. The van der Waals surface area contributed by atoms with Gasteiger partial charge in [0.25, 0.3) is 0 Å². The molecule has 2 aliphatic carbocycles. The molecule has 0 radical (unpaired) electrons. The minimum atomic E-state index is -3.65. The van der Waals surface area contributed by atoms with Gasteiger partial charge in [-0.05, 0) is 62.0 Å². The smallest absolute Gasteiger partial charge is 0.242 e. The molecule has 176 valence electrons. The summed E-state index contributed by atoms with van der Waals surface area (Å²) >= 11 is 1.02. The summed E-state index contributed by atoms with van der Waals surface area (Å²) in [5.74, 6) is 1.80. The van der Waals surface area contributed by atoms with Crippen molar-refractivity contribution in [2.45, 2.75) is 69.7 Å². The van der Waals surface area contributed by atoms with Crippen LogP contribution in [0.15, 0.2) is 23.1 Å². The standard InChI is InChI=1S/C23H34N4O3S2/c1-15-6-4-8-20(16(15)2)27(3)23(28)18-12-10-17(11-13-18)14-24-32(29,30)21-9-5-7-19-22(21)26-31-25-19/h5,7,9,15-18,20,24H,4,6,8,10-14H2,1-3H3/t15-,16-,17?,18?,20-/m1/s1. The number of benzene rings is 1. The number of fused-ring (bicyclic) bond motifs is 1. The Hall–Kier alpha value is -1.58. The number of carbonyl (C=O) groups excluding carboxylic acids is 1. The SMILES string of the molecule is C[C@@H]1[C@H](C)CCC[C@H]1N(C)C(=O)C1CCC(CNS(=O)(=O)c2cccc3nsnc23)CC1. The first-order valence-electron chi connectivity index (χ1n) is 11.8. The van der Waals surface area contributed by atoms with E-state index in [1.165, 1.54) is 12.8 Å². The Kier molecular flexibility index (Phi) is 7.17. The molecule has 3 atom stereocenters. The molecule has 1 aromatic heterocycles. The van der Waals surface area contributed by atoms with Crippen molar-refractivity contribution in [2.75, 3.05) is 13.6 Å². The molecule has 4 rings (SSSR count). The molecular formula is C23H34N4O3S2. The highest BCUT2D eigenvalue weighted by molar-refractivity contribution is 7.89. The Bertz CT molecular complexity index is 1050. The second-order valence-electron chi connectivity index (χ2n) is 9.74. The largest absolute Gasteiger partial charge is 0.342 e. The van der Waals surface area contributed by atoms with E-state index in [-0.39, 0.29) is 22.6 Å². The molecule has 0 unspecified atom stereocenters. The van der Waals surface area contributed by atoms with Gasteiger partial charge >= 0.3 is 0 Å². The van der Waals surface area contributed by atoms with Crippen LogP contribution in [-0.4, -0.2) is 47.6 Å². The summed E-state index contributed by atoms with van der Waals surface area (Å²) in [6, 6.07) is 5.38. The van der Waals surface area contributed by atoms with E-state index in [4.69, 9.17) is 0 Å². The number of nitrogens with one attached hydrogen (secondary N) is 1. The van der Waals surface area contributed by atoms with E-state index < -0.39 is 10.0 Å². The van der Waals surface area contributed by atoms with Crippen LogP contribution in [0.25, 0.3) is 11.0 Å². The predicted octanol–water partition coefficient (Wildman–Crippen LogP) is 4.06. The highest BCUT2D eigenvalue weighted by Crippen LogP contribution is 2.35. The molecule has 2 aliphatic rings. The minimum Gasteiger partial charge on any atom is -0.342 e. The molecule has 0 saturated heterocycles. The molecular weight excluding hydrogens is 444 g/mol. The zero-order valence-corrected chi connectivity index (χ0v) is 20.8. The second kappa shape index (κ2) is 9.73. The summed E-state index contributed by atoms with van der Waals surface area (Å²) in [5, 5.41) is 0. The summed E-state index contributed by atoms with van der Waals surface area (Å²) < 4.78 is 36.7. The van der Waals surface area contributed by atoms with Gasteiger partial charge in [0.15, 0.2) is 0 Å². The lowest BCUT2D eigenvalue weighted by Crippen LogP contribution is -2.47. The van der Waals surface area contributed by atoms with Crippen LogP contribution in [0.3, 0.4) is 0 Å². The van der Waals surface area contributed by atoms with Gasteiger partial charge in [0.05, 0.1) is 11.7 Å². The van der Waals surface area contributed by atoms with Gasteiger partial charge in [0.2, 0.25) is 15.9 Å². The lowest BCUT2D eigenvalue weighted by atomic mass is 9.76. The Labute approximate surface area is 195 Å². The van der Waals surface area contributed by atoms with Crippen LogP contribution in [0.2, 0.25) is 0 Å². The summed E-state index contributed by atoms with van der Waals surface area (Å²) in [7, 11) is -1.66. The molecule has 2 saturated carbocycles. The number of nitrogens with zero attached hydrogens (tertiary/aromatic N) is 3. The van der Waals surface area contributed by atoms with E-state index in [9.17, 15) is 13.2 Å². The summed E-state index contributed by atoms with van der Waals surface area (Å²) in [5.41, 5.74) is 1.02. The van der Waals surface area contributed by atoms with Gasteiger partial charge in [0, 0.05) is 25.6 Å². The Morgan fingerprint density at radius 3 is 2.62 bits per heavy atom. The first kappa shape index (κ1) is 23.6. The number of hydrogen-bond acceptors (Lipinski definition) is 6. The molecule has 1 N–H and O–H groups in total. The first-order chi connectivity index (χ1) is 15.3. The van der Waals surface area contributed by atoms with Crippen LogP contribution in [-0.2, 0) is 14.8 Å². The van der Waals surface area contributed by atoms with Crippen molar-refractivity contribution in [2.24, 2.45) is 23.7 Å². The summed E-state index contributed by atoms with van der Waals surface area (Å²) in [4.78, 5) is 15.4. The normalized spacial score (nSPS) is 29.2. The van der Waals surface area contributed by atoms with Gasteiger partial charge in [0.1, 0.15) is 15.9 Å². The average Bonchev–Trinajstić information content (AvgIpc) is 3.28. The van der Waals surface area contributed by atoms with Gasteiger partial charge in [-0.1, -0.05) is 32.8 Å². The maximum absolute atomic E-state index is 13.2. The third kappa shape index (κ3) is 4.84. The van der Waals surface area contributed by atoms with Gasteiger partial charge in [-0.2, -0.15) is 8.75 Å². The van der Waals surface area contributed by atoms with Crippen molar-refractivity contribution in [1.82, 2.24) is 18.4 Å². The highest BCUT2D eigenvalue weighted by Gasteiger charge is 2.36. The van der Waals surface area contributed by atoms with E-state index in [0.717, 1.165) is 43.8 Å². The van der Waals surface area contributed by atoms with Crippen molar-refractivity contribution in [1.29, 1.82) is 0 Å². The monoisotopic (exact) mass is 478 g/mol. The van der Waals surface area contributed by atoms with E-state index >= 15 is 0 Å².